The van der Waals surface area contributed by atoms with E-state index in [1.54, 1.807) is 0 Å². The first-order valence-electron chi connectivity index (χ1n) is 6.73. The third-order valence-electron chi connectivity index (χ3n) is 3.36. The Labute approximate surface area is 116 Å². The molecule has 0 unspecified atom stereocenters. The van der Waals surface area contributed by atoms with E-state index < -0.39 is 0 Å². The lowest BCUT2D eigenvalue weighted by atomic mass is 9.95. The van der Waals surface area contributed by atoms with Crippen LogP contribution in [0.25, 0.3) is 11.1 Å². The van der Waals surface area contributed by atoms with Crippen molar-refractivity contribution in [3.05, 3.63) is 65.9 Å². The van der Waals surface area contributed by atoms with Crippen LogP contribution in [0.2, 0.25) is 0 Å². The SMILES string of the molecule is C=C(C)Nc1cccc(-c2cccc(CC)c2C)c1. The first kappa shape index (κ1) is 13.4. The number of rotatable bonds is 4. The molecule has 1 heteroatoms. The Morgan fingerprint density at radius 2 is 1.89 bits per heavy atom. The molecule has 0 atom stereocenters. The fourth-order valence-electron chi connectivity index (χ4n) is 2.39. The van der Waals surface area contributed by atoms with Crippen LogP contribution in [0.5, 0.6) is 0 Å². The van der Waals surface area contributed by atoms with Crippen molar-refractivity contribution in [1.29, 1.82) is 0 Å². The fraction of sp³-hybridized carbons (Fsp3) is 0.222. The van der Waals surface area contributed by atoms with Crippen LogP contribution in [0.4, 0.5) is 5.69 Å². The average molecular weight is 251 g/mol. The van der Waals surface area contributed by atoms with Crippen molar-refractivity contribution < 1.29 is 0 Å². The third kappa shape index (κ3) is 3.05. The summed E-state index contributed by atoms with van der Waals surface area (Å²) in [5.74, 6) is 0. The topological polar surface area (TPSA) is 12.0 Å². The van der Waals surface area contributed by atoms with E-state index in [-0.39, 0.29) is 0 Å². The van der Waals surface area contributed by atoms with Gasteiger partial charge >= 0.3 is 0 Å². The number of allylic oxidation sites excluding steroid dienone is 1. The van der Waals surface area contributed by atoms with Gasteiger partial charge in [-0.15, -0.1) is 0 Å². The van der Waals surface area contributed by atoms with Gasteiger partial charge in [0.2, 0.25) is 0 Å². The molecule has 0 amide bonds. The van der Waals surface area contributed by atoms with Crippen molar-refractivity contribution in [1.82, 2.24) is 0 Å². The largest absolute Gasteiger partial charge is 0.360 e. The number of hydrogen-bond acceptors (Lipinski definition) is 1. The van der Waals surface area contributed by atoms with Gasteiger partial charge in [-0.2, -0.15) is 0 Å². The van der Waals surface area contributed by atoms with Crippen molar-refractivity contribution in [3.8, 4) is 11.1 Å². The van der Waals surface area contributed by atoms with Gasteiger partial charge in [-0.05, 0) is 54.7 Å². The molecule has 98 valence electrons. The van der Waals surface area contributed by atoms with Crippen LogP contribution in [0.3, 0.4) is 0 Å². The maximum atomic E-state index is 3.89. The normalized spacial score (nSPS) is 10.3. The lowest BCUT2D eigenvalue weighted by molar-refractivity contribution is 1.11. The molecule has 0 aliphatic heterocycles. The molecule has 0 saturated carbocycles. The summed E-state index contributed by atoms with van der Waals surface area (Å²) in [7, 11) is 0. The highest BCUT2D eigenvalue weighted by Gasteiger charge is 2.05. The second kappa shape index (κ2) is 5.75. The monoisotopic (exact) mass is 251 g/mol. The van der Waals surface area contributed by atoms with E-state index in [4.69, 9.17) is 0 Å². The van der Waals surface area contributed by atoms with Gasteiger partial charge in [0.15, 0.2) is 0 Å². The molecule has 0 aromatic heterocycles. The van der Waals surface area contributed by atoms with Crippen LogP contribution in [0.15, 0.2) is 54.7 Å². The highest BCUT2D eigenvalue weighted by molar-refractivity contribution is 5.72. The molecule has 0 bridgehead atoms. The summed E-state index contributed by atoms with van der Waals surface area (Å²) < 4.78 is 0. The first-order valence-corrected chi connectivity index (χ1v) is 6.73. The molecule has 0 saturated heterocycles. The van der Waals surface area contributed by atoms with Crippen LogP contribution in [0.1, 0.15) is 25.0 Å². The van der Waals surface area contributed by atoms with E-state index in [9.17, 15) is 0 Å². The Balaban J connectivity index is 2.44. The Bertz CT molecular complexity index is 596. The summed E-state index contributed by atoms with van der Waals surface area (Å²) in [4.78, 5) is 0. The van der Waals surface area contributed by atoms with Crippen LogP contribution in [-0.2, 0) is 6.42 Å². The van der Waals surface area contributed by atoms with Gasteiger partial charge in [0, 0.05) is 11.4 Å². The van der Waals surface area contributed by atoms with E-state index in [1.165, 1.54) is 22.3 Å². The Hall–Kier alpha value is -2.02. The van der Waals surface area contributed by atoms with E-state index in [1.807, 2.05) is 6.92 Å². The maximum absolute atomic E-state index is 3.89. The van der Waals surface area contributed by atoms with Crippen molar-refractivity contribution in [3.63, 3.8) is 0 Å². The Morgan fingerprint density at radius 3 is 2.58 bits per heavy atom. The average Bonchev–Trinajstić information content (AvgIpc) is 2.38. The lowest BCUT2D eigenvalue weighted by Gasteiger charge is -2.12. The van der Waals surface area contributed by atoms with Crippen molar-refractivity contribution in [2.24, 2.45) is 0 Å². The summed E-state index contributed by atoms with van der Waals surface area (Å²) in [5.41, 5.74) is 7.39. The van der Waals surface area contributed by atoms with E-state index in [0.29, 0.717) is 0 Å². The second-order valence-corrected chi connectivity index (χ2v) is 4.93. The zero-order valence-electron chi connectivity index (χ0n) is 12.0. The Morgan fingerprint density at radius 1 is 1.16 bits per heavy atom. The van der Waals surface area contributed by atoms with Gasteiger partial charge < -0.3 is 5.32 Å². The zero-order valence-corrected chi connectivity index (χ0v) is 12.0. The minimum absolute atomic E-state index is 0.955. The molecule has 2 aromatic rings. The standard InChI is InChI=1S/C18H21N/c1-5-15-8-7-11-18(14(15)4)16-9-6-10-17(12-16)19-13(2)3/h6-12,19H,2,5H2,1,3-4H3. The molecule has 0 spiro atoms. The van der Waals surface area contributed by atoms with Crippen LogP contribution < -0.4 is 5.32 Å². The van der Waals surface area contributed by atoms with Crippen LogP contribution >= 0.6 is 0 Å². The molecule has 0 aliphatic rings. The number of anilines is 1. The molecule has 0 radical (unpaired) electrons. The van der Waals surface area contributed by atoms with Gasteiger partial charge in [-0.1, -0.05) is 43.8 Å². The molecule has 1 nitrogen and oxygen atoms in total. The molecule has 0 fully saturated rings. The van der Waals surface area contributed by atoms with Crippen molar-refractivity contribution in [2.45, 2.75) is 27.2 Å². The van der Waals surface area contributed by atoms with E-state index >= 15 is 0 Å². The minimum Gasteiger partial charge on any atom is -0.360 e. The molecule has 0 aliphatic carbocycles. The number of nitrogens with one attached hydrogen (secondary N) is 1. The third-order valence-corrected chi connectivity index (χ3v) is 3.36. The molecule has 1 N–H and O–H groups in total. The van der Waals surface area contributed by atoms with E-state index in [2.05, 4.69) is 68.2 Å². The second-order valence-electron chi connectivity index (χ2n) is 4.93. The summed E-state index contributed by atoms with van der Waals surface area (Å²) in [6.45, 7) is 10.3. The summed E-state index contributed by atoms with van der Waals surface area (Å²) in [6.07, 6.45) is 1.07. The van der Waals surface area contributed by atoms with Gasteiger partial charge in [0.05, 0.1) is 0 Å². The maximum Gasteiger partial charge on any atom is 0.0387 e. The number of benzene rings is 2. The van der Waals surface area contributed by atoms with Crippen LogP contribution in [0, 0.1) is 6.92 Å². The summed E-state index contributed by atoms with van der Waals surface area (Å²) in [5, 5.41) is 3.27. The molecule has 2 rings (SSSR count). The van der Waals surface area contributed by atoms with Gasteiger partial charge in [0.25, 0.3) is 0 Å². The molecular formula is C18H21N. The molecular weight excluding hydrogens is 230 g/mol. The molecule has 2 aromatic carbocycles. The highest BCUT2D eigenvalue weighted by Crippen LogP contribution is 2.28. The fourth-order valence-corrected chi connectivity index (χ4v) is 2.39. The highest BCUT2D eigenvalue weighted by atomic mass is 14.9. The predicted molar refractivity (Wildman–Crippen MR) is 84.4 cm³/mol. The minimum atomic E-state index is 0.955. The first-order chi connectivity index (χ1) is 9.11. The molecule has 19 heavy (non-hydrogen) atoms. The number of hydrogen-bond donors (Lipinski definition) is 1. The Kier molecular flexibility index (Phi) is 4.06. The summed E-state index contributed by atoms with van der Waals surface area (Å²) in [6, 6.07) is 15.0. The molecule has 0 heterocycles. The van der Waals surface area contributed by atoms with Crippen molar-refractivity contribution in [2.75, 3.05) is 5.32 Å². The quantitative estimate of drug-likeness (QED) is 0.790. The van der Waals surface area contributed by atoms with Crippen LogP contribution in [-0.4, -0.2) is 0 Å². The predicted octanol–water partition coefficient (Wildman–Crippen LogP) is 5.17. The zero-order chi connectivity index (χ0) is 13.8. The lowest BCUT2D eigenvalue weighted by Crippen LogP contribution is -1.94. The van der Waals surface area contributed by atoms with Gasteiger partial charge in [-0.25, -0.2) is 0 Å². The smallest absolute Gasteiger partial charge is 0.0387 e. The van der Waals surface area contributed by atoms with Gasteiger partial charge in [0.1, 0.15) is 0 Å². The van der Waals surface area contributed by atoms with Crippen molar-refractivity contribution >= 4 is 5.69 Å². The van der Waals surface area contributed by atoms with E-state index in [0.717, 1.165) is 17.8 Å². The van der Waals surface area contributed by atoms with Gasteiger partial charge in [-0.3, -0.25) is 0 Å². The summed E-state index contributed by atoms with van der Waals surface area (Å²) >= 11 is 0. The number of aryl methyl sites for hydroxylation is 1.